The molecule has 0 aliphatic heterocycles. The lowest BCUT2D eigenvalue weighted by atomic mass is 10.2. The Bertz CT molecular complexity index is 1310. The average Bonchev–Trinajstić information content (AvgIpc) is 3.15. The van der Waals surface area contributed by atoms with E-state index in [2.05, 4.69) is 20.5 Å². The van der Waals surface area contributed by atoms with Crippen molar-refractivity contribution in [3.05, 3.63) is 81.7 Å². The molecule has 4 aromatic rings. The van der Waals surface area contributed by atoms with Crippen LogP contribution in [0.3, 0.4) is 0 Å². The third-order valence-electron chi connectivity index (χ3n) is 5.45. The summed E-state index contributed by atoms with van der Waals surface area (Å²) in [6.07, 6.45) is 4.23. The van der Waals surface area contributed by atoms with Gasteiger partial charge in [0, 0.05) is 31.9 Å². The number of benzene rings is 1. The van der Waals surface area contributed by atoms with Crippen LogP contribution < -0.4 is 10.9 Å². The first kappa shape index (κ1) is 21.4. The fourth-order valence-electron chi connectivity index (χ4n) is 3.75. The van der Waals surface area contributed by atoms with E-state index in [1.54, 1.807) is 17.1 Å². The van der Waals surface area contributed by atoms with Crippen molar-refractivity contribution in [3.63, 3.8) is 0 Å². The van der Waals surface area contributed by atoms with Crippen LogP contribution in [-0.2, 0) is 17.9 Å². The van der Waals surface area contributed by atoms with E-state index in [1.807, 2.05) is 57.2 Å². The number of pyridine rings is 1. The highest BCUT2D eigenvalue weighted by Crippen LogP contribution is 2.21. The summed E-state index contributed by atoms with van der Waals surface area (Å²) in [4.78, 5) is 29.2. The van der Waals surface area contributed by atoms with Gasteiger partial charge in [0.1, 0.15) is 0 Å². The van der Waals surface area contributed by atoms with Gasteiger partial charge in [0.2, 0.25) is 5.91 Å². The molecule has 1 amide bonds. The van der Waals surface area contributed by atoms with Crippen molar-refractivity contribution in [2.75, 3.05) is 0 Å². The molecular weight excluding hydrogens is 404 g/mol. The highest BCUT2D eigenvalue weighted by Gasteiger charge is 2.17. The summed E-state index contributed by atoms with van der Waals surface area (Å²) < 4.78 is 3.20. The van der Waals surface area contributed by atoms with Crippen LogP contribution in [0.5, 0.6) is 0 Å². The van der Waals surface area contributed by atoms with Gasteiger partial charge < -0.3 is 5.32 Å². The number of carbonyl (C=O) groups excluding carboxylic acids is 1. The SMILES string of the molecule is Cc1ccc(-n2nc3c(=O)n(CCCC(=O)NCc4cccnc4)nc(C)c3c2C)cc1. The first-order valence-corrected chi connectivity index (χ1v) is 10.6. The van der Waals surface area contributed by atoms with Crippen LogP contribution in [0.1, 0.15) is 35.4 Å². The van der Waals surface area contributed by atoms with E-state index in [9.17, 15) is 9.59 Å². The third kappa shape index (κ3) is 4.44. The molecule has 0 aliphatic rings. The molecule has 0 atom stereocenters. The fraction of sp³-hybridized carbons (Fsp3) is 0.292. The number of hydrogen-bond donors (Lipinski definition) is 1. The van der Waals surface area contributed by atoms with Crippen LogP contribution in [0, 0.1) is 20.8 Å². The van der Waals surface area contributed by atoms with Gasteiger partial charge in [-0.05, 0) is 51.0 Å². The van der Waals surface area contributed by atoms with Crippen molar-refractivity contribution in [1.82, 2.24) is 29.9 Å². The number of rotatable bonds is 7. The highest BCUT2D eigenvalue weighted by atomic mass is 16.1. The maximum atomic E-state index is 13.0. The molecule has 0 radical (unpaired) electrons. The summed E-state index contributed by atoms with van der Waals surface area (Å²) in [6.45, 7) is 6.65. The maximum absolute atomic E-state index is 13.0. The molecule has 32 heavy (non-hydrogen) atoms. The molecule has 3 aromatic heterocycles. The summed E-state index contributed by atoms with van der Waals surface area (Å²) >= 11 is 0. The zero-order valence-electron chi connectivity index (χ0n) is 18.5. The van der Waals surface area contributed by atoms with Gasteiger partial charge in [-0.15, -0.1) is 0 Å². The molecule has 0 unspecified atom stereocenters. The van der Waals surface area contributed by atoms with Crippen LogP contribution in [0.4, 0.5) is 0 Å². The van der Waals surface area contributed by atoms with Crippen LogP contribution in [0.25, 0.3) is 16.6 Å². The van der Waals surface area contributed by atoms with Gasteiger partial charge in [0.25, 0.3) is 5.56 Å². The standard InChI is InChI=1S/C24H26N6O2/c1-16-8-10-20(11-9-16)30-18(3)22-17(2)27-29(24(32)23(22)28-30)13-5-7-21(31)26-15-19-6-4-12-25-14-19/h4,6,8-12,14H,5,7,13,15H2,1-3H3,(H,26,31). The van der Waals surface area contributed by atoms with Gasteiger partial charge in [-0.1, -0.05) is 23.8 Å². The van der Waals surface area contributed by atoms with E-state index >= 15 is 0 Å². The van der Waals surface area contributed by atoms with Crippen LogP contribution in [0.15, 0.2) is 53.6 Å². The second kappa shape index (κ2) is 9.13. The van der Waals surface area contributed by atoms with Gasteiger partial charge in [-0.2, -0.15) is 10.2 Å². The number of amides is 1. The van der Waals surface area contributed by atoms with E-state index in [4.69, 9.17) is 0 Å². The minimum atomic E-state index is -0.240. The van der Waals surface area contributed by atoms with Gasteiger partial charge in [0.15, 0.2) is 5.52 Å². The summed E-state index contributed by atoms with van der Waals surface area (Å²) in [7, 11) is 0. The molecular formula is C24H26N6O2. The minimum Gasteiger partial charge on any atom is -0.352 e. The Balaban J connectivity index is 1.47. The summed E-state index contributed by atoms with van der Waals surface area (Å²) in [6, 6.07) is 11.7. The molecule has 164 valence electrons. The normalized spacial score (nSPS) is 11.1. The number of carbonyl (C=O) groups is 1. The highest BCUT2D eigenvalue weighted by molar-refractivity contribution is 5.83. The largest absolute Gasteiger partial charge is 0.352 e. The van der Waals surface area contributed by atoms with E-state index < -0.39 is 0 Å². The zero-order valence-corrected chi connectivity index (χ0v) is 18.5. The van der Waals surface area contributed by atoms with E-state index in [1.165, 1.54) is 4.68 Å². The number of aromatic nitrogens is 5. The molecule has 3 heterocycles. The summed E-state index contributed by atoms with van der Waals surface area (Å²) in [5, 5.41) is 12.7. The second-order valence-corrected chi connectivity index (χ2v) is 7.91. The van der Waals surface area contributed by atoms with E-state index in [0.29, 0.717) is 31.4 Å². The number of fused-ring (bicyclic) bond motifs is 1. The quantitative estimate of drug-likeness (QED) is 0.486. The van der Waals surface area contributed by atoms with Gasteiger partial charge in [0.05, 0.1) is 22.5 Å². The lowest BCUT2D eigenvalue weighted by Crippen LogP contribution is -2.26. The number of nitrogens with one attached hydrogen (secondary N) is 1. The van der Waals surface area contributed by atoms with Gasteiger partial charge >= 0.3 is 0 Å². The third-order valence-corrected chi connectivity index (χ3v) is 5.45. The van der Waals surface area contributed by atoms with Crippen molar-refractivity contribution in [3.8, 4) is 5.69 Å². The van der Waals surface area contributed by atoms with Crippen molar-refractivity contribution in [2.24, 2.45) is 0 Å². The topological polar surface area (TPSA) is 94.7 Å². The van der Waals surface area contributed by atoms with Gasteiger partial charge in [-0.3, -0.25) is 14.6 Å². The van der Waals surface area contributed by atoms with Crippen LogP contribution in [0.2, 0.25) is 0 Å². The second-order valence-electron chi connectivity index (χ2n) is 7.91. The van der Waals surface area contributed by atoms with E-state index in [-0.39, 0.29) is 11.5 Å². The molecule has 0 saturated carbocycles. The molecule has 0 bridgehead atoms. The molecule has 8 heteroatoms. The Morgan fingerprint density at radius 2 is 1.84 bits per heavy atom. The van der Waals surface area contributed by atoms with Crippen LogP contribution >= 0.6 is 0 Å². The molecule has 0 fully saturated rings. The lowest BCUT2D eigenvalue weighted by molar-refractivity contribution is -0.121. The van der Waals surface area contributed by atoms with Crippen LogP contribution in [-0.4, -0.2) is 30.5 Å². The number of nitrogens with zero attached hydrogens (tertiary/aromatic N) is 5. The predicted molar refractivity (Wildman–Crippen MR) is 123 cm³/mol. The molecule has 0 aliphatic carbocycles. The number of hydrogen-bond acceptors (Lipinski definition) is 5. The molecule has 8 nitrogen and oxygen atoms in total. The predicted octanol–water partition coefficient (Wildman–Crippen LogP) is 3.00. The molecule has 1 N–H and O–H groups in total. The Kier molecular flexibility index (Phi) is 6.11. The Morgan fingerprint density at radius 1 is 1.06 bits per heavy atom. The molecule has 1 aromatic carbocycles. The van der Waals surface area contributed by atoms with Crippen molar-refractivity contribution in [2.45, 2.75) is 46.7 Å². The van der Waals surface area contributed by atoms with Gasteiger partial charge in [-0.25, -0.2) is 9.36 Å². The number of aryl methyl sites for hydroxylation is 4. The van der Waals surface area contributed by atoms with Crippen molar-refractivity contribution in [1.29, 1.82) is 0 Å². The Labute approximate surface area is 185 Å². The summed E-state index contributed by atoms with van der Waals surface area (Å²) in [5.74, 6) is -0.0702. The fourth-order valence-corrected chi connectivity index (χ4v) is 3.75. The molecule has 0 spiro atoms. The lowest BCUT2D eigenvalue weighted by Gasteiger charge is -2.07. The maximum Gasteiger partial charge on any atom is 0.295 e. The average molecular weight is 431 g/mol. The Morgan fingerprint density at radius 3 is 2.56 bits per heavy atom. The smallest absolute Gasteiger partial charge is 0.295 e. The monoisotopic (exact) mass is 430 g/mol. The first-order valence-electron chi connectivity index (χ1n) is 10.6. The van der Waals surface area contributed by atoms with E-state index in [0.717, 1.165) is 33.6 Å². The first-order chi connectivity index (χ1) is 15.4. The minimum absolute atomic E-state index is 0.0702. The Hall–Kier alpha value is -3.81. The van der Waals surface area contributed by atoms with Crippen molar-refractivity contribution < 1.29 is 4.79 Å². The summed E-state index contributed by atoms with van der Waals surface area (Å²) in [5.41, 5.74) is 4.79. The van der Waals surface area contributed by atoms with Crippen molar-refractivity contribution >= 4 is 16.8 Å². The molecule has 4 rings (SSSR count). The zero-order chi connectivity index (χ0) is 22.7. The molecule has 0 saturated heterocycles.